The van der Waals surface area contributed by atoms with E-state index >= 15 is 0 Å². The van der Waals surface area contributed by atoms with Crippen LogP contribution in [0.5, 0.6) is 11.5 Å². The summed E-state index contributed by atoms with van der Waals surface area (Å²) in [7, 11) is 0. The van der Waals surface area contributed by atoms with E-state index < -0.39 is 6.10 Å². The highest BCUT2D eigenvalue weighted by Gasteiger charge is 2.28. The first-order valence-corrected chi connectivity index (χ1v) is 12.4. The van der Waals surface area contributed by atoms with Gasteiger partial charge >= 0.3 is 0 Å². The number of nitrogens with zero attached hydrogens (tertiary/aromatic N) is 2. The maximum absolute atomic E-state index is 11.0. The molecule has 2 heterocycles. The quantitative estimate of drug-likeness (QED) is 0.661. The smallest absolute Gasteiger partial charge is 0.119 e. The predicted molar refractivity (Wildman–Crippen MR) is 128 cm³/mol. The summed E-state index contributed by atoms with van der Waals surface area (Å²) >= 11 is 0. The van der Waals surface area contributed by atoms with Gasteiger partial charge in [-0.05, 0) is 98.4 Å². The zero-order valence-corrected chi connectivity index (χ0v) is 19.1. The van der Waals surface area contributed by atoms with Gasteiger partial charge in [0.15, 0.2) is 0 Å². The zero-order valence-electron chi connectivity index (χ0n) is 19.1. The summed E-state index contributed by atoms with van der Waals surface area (Å²) in [4.78, 5) is 4.96. The van der Waals surface area contributed by atoms with E-state index in [-0.39, 0.29) is 0 Å². The van der Waals surface area contributed by atoms with Gasteiger partial charge in [0.05, 0.1) is 0 Å². The first-order chi connectivity index (χ1) is 15.8. The summed E-state index contributed by atoms with van der Waals surface area (Å²) in [6, 6.07) is 12.2. The summed E-state index contributed by atoms with van der Waals surface area (Å²) in [5, 5.41) is 11.0. The van der Waals surface area contributed by atoms with Crippen LogP contribution in [0, 0.1) is 0 Å². The number of fused-ring (bicyclic) bond motifs is 3. The lowest BCUT2D eigenvalue weighted by molar-refractivity contribution is 0.182. The standard InChI is InChI=1S/C27H36N2O3/c30-27-25-19-21(31-17-15-28-11-3-1-4-12-28)7-9-23(25)24-10-8-22(20-26(24)27)32-18-16-29-13-5-2-6-14-29/h7-10,19-20,27,30H,1-6,11-18H2. The molecule has 0 spiro atoms. The van der Waals surface area contributed by atoms with Crippen LogP contribution in [0.2, 0.25) is 0 Å². The summed E-state index contributed by atoms with van der Waals surface area (Å²) in [6.45, 7) is 8.06. The molecule has 2 aliphatic heterocycles. The van der Waals surface area contributed by atoms with E-state index in [0.717, 1.165) is 46.8 Å². The van der Waals surface area contributed by atoms with E-state index in [9.17, 15) is 5.11 Å². The van der Waals surface area contributed by atoms with Crippen LogP contribution in [0.25, 0.3) is 11.1 Å². The molecule has 172 valence electrons. The Balaban J connectivity index is 1.18. The second kappa shape index (κ2) is 10.2. The topological polar surface area (TPSA) is 45.2 Å². The van der Waals surface area contributed by atoms with Crippen molar-refractivity contribution in [3.63, 3.8) is 0 Å². The molecule has 1 aliphatic carbocycles. The average Bonchev–Trinajstić information content (AvgIpc) is 3.11. The lowest BCUT2D eigenvalue weighted by atomic mass is 10.1. The van der Waals surface area contributed by atoms with Crippen LogP contribution in [0.3, 0.4) is 0 Å². The third-order valence-corrected chi connectivity index (χ3v) is 7.18. The van der Waals surface area contributed by atoms with Crippen molar-refractivity contribution < 1.29 is 14.6 Å². The summed E-state index contributed by atoms with van der Waals surface area (Å²) in [5.41, 5.74) is 4.05. The number of hydrogen-bond donors (Lipinski definition) is 1. The van der Waals surface area contributed by atoms with Crippen LogP contribution in [-0.4, -0.2) is 67.4 Å². The van der Waals surface area contributed by atoms with Crippen molar-refractivity contribution in [1.29, 1.82) is 0 Å². The Morgan fingerprint density at radius 2 is 1.09 bits per heavy atom. The SMILES string of the molecule is OC1c2cc(OCCN3CCCCC3)ccc2-c2ccc(OCCN3CCCCC3)cc21. The molecular weight excluding hydrogens is 400 g/mol. The Kier molecular flexibility index (Phi) is 6.96. The predicted octanol–water partition coefficient (Wildman–Crippen LogP) is 4.48. The number of aliphatic hydroxyl groups is 1. The first-order valence-electron chi connectivity index (χ1n) is 12.4. The molecule has 0 unspecified atom stereocenters. The second-order valence-corrected chi connectivity index (χ2v) is 9.40. The summed E-state index contributed by atoms with van der Waals surface area (Å²) in [6.07, 6.45) is 7.27. The van der Waals surface area contributed by atoms with Crippen molar-refractivity contribution >= 4 is 0 Å². The molecule has 5 rings (SSSR count). The van der Waals surface area contributed by atoms with Gasteiger partial charge in [0, 0.05) is 13.1 Å². The van der Waals surface area contributed by atoms with E-state index in [1.807, 2.05) is 24.3 Å². The highest BCUT2D eigenvalue weighted by atomic mass is 16.5. The molecule has 0 radical (unpaired) electrons. The van der Waals surface area contributed by atoms with Gasteiger partial charge in [-0.3, -0.25) is 9.80 Å². The van der Waals surface area contributed by atoms with Crippen LogP contribution < -0.4 is 9.47 Å². The Labute approximate surface area is 191 Å². The molecule has 0 atom stereocenters. The molecule has 0 amide bonds. The van der Waals surface area contributed by atoms with Crippen molar-refractivity contribution in [2.24, 2.45) is 0 Å². The Hall–Kier alpha value is -2.08. The molecule has 2 saturated heterocycles. The molecule has 0 bridgehead atoms. The van der Waals surface area contributed by atoms with Gasteiger partial charge in [0.2, 0.25) is 0 Å². The van der Waals surface area contributed by atoms with Crippen molar-refractivity contribution in [1.82, 2.24) is 9.80 Å². The fourth-order valence-corrected chi connectivity index (χ4v) is 5.32. The molecule has 5 heteroatoms. The minimum atomic E-state index is -0.628. The lowest BCUT2D eigenvalue weighted by Gasteiger charge is -2.26. The van der Waals surface area contributed by atoms with Gasteiger partial charge < -0.3 is 14.6 Å². The van der Waals surface area contributed by atoms with Gasteiger partial charge in [0.1, 0.15) is 30.8 Å². The number of rotatable bonds is 8. The molecule has 1 N–H and O–H groups in total. The molecule has 2 aromatic carbocycles. The fraction of sp³-hybridized carbons (Fsp3) is 0.556. The van der Waals surface area contributed by atoms with Crippen LogP contribution in [0.1, 0.15) is 55.8 Å². The van der Waals surface area contributed by atoms with Crippen LogP contribution in [-0.2, 0) is 0 Å². The van der Waals surface area contributed by atoms with E-state index in [2.05, 4.69) is 21.9 Å². The van der Waals surface area contributed by atoms with E-state index in [1.54, 1.807) is 0 Å². The number of likely N-dealkylation sites (tertiary alicyclic amines) is 2. The largest absolute Gasteiger partial charge is 0.492 e. The zero-order chi connectivity index (χ0) is 21.8. The minimum Gasteiger partial charge on any atom is -0.492 e. The minimum absolute atomic E-state index is 0.628. The monoisotopic (exact) mass is 436 g/mol. The lowest BCUT2D eigenvalue weighted by Crippen LogP contribution is -2.33. The van der Waals surface area contributed by atoms with Gasteiger partial charge in [-0.1, -0.05) is 25.0 Å². The Morgan fingerprint density at radius 1 is 0.656 bits per heavy atom. The molecule has 2 aromatic rings. The highest BCUT2D eigenvalue weighted by molar-refractivity contribution is 5.79. The maximum atomic E-state index is 11.0. The van der Waals surface area contributed by atoms with Gasteiger partial charge in [-0.25, -0.2) is 0 Å². The third-order valence-electron chi connectivity index (χ3n) is 7.18. The van der Waals surface area contributed by atoms with E-state index in [4.69, 9.17) is 9.47 Å². The van der Waals surface area contributed by atoms with Crippen molar-refractivity contribution in [2.45, 2.75) is 44.6 Å². The molecule has 5 nitrogen and oxygen atoms in total. The van der Waals surface area contributed by atoms with Crippen molar-refractivity contribution in [3.05, 3.63) is 47.5 Å². The molecule has 0 saturated carbocycles. The summed E-state index contributed by atoms with van der Waals surface area (Å²) < 4.78 is 12.1. The molecule has 2 fully saturated rings. The highest BCUT2D eigenvalue weighted by Crippen LogP contribution is 2.45. The van der Waals surface area contributed by atoms with E-state index in [0.29, 0.717) is 13.2 Å². The summed E-state index contributed by atoms with van der Waals surface area (Å²) in [5.74, 6) is 1.68. The van der Waals surface area contributed by atoms with E-state index in [1.165, 1.54) is 64.7 Å². The molecule has 3 aliphatic rings. The number of ether oxygens (including phenoxy) is 2. The van der Waals surface area contributed by atoms with Crippen molar-refractivity contribution in [3.8, 4) is 22.6 Å². The van der Waals surface area contributed by atoms with Gasteiger partial charge in [-0.15, -0.1) is 0 Å². The molecular formula is C27H36N2O3. The van der Waals surface area contributed by atoms with Crippen LogP contribution in [0.15, 0.2) is 36.4 Å². The van der Waals surface area contributed by atoms with Crippen molar-refractivity contribution in [2.75, 3.05) is 52.5 Å². The molecule has 32 heavy (non-hydrogen) atoms. The number of benzene rings is 2. The number of hydrogen-bond acceptors (Lipinski definition) is 5. The Morgan fingerprint density at radius 3 is 1.53 bits per heavy atom. The first kappa shape index (κ1) is 21.7. The second-order valence-electron chi connectivity index (χ2n) is 9.40. The molecule has 0 aromatic heterocycles. The third kappa shape index (κ3) is 4.95. The van der Waals surface area contributed by atoms with Crippen LogP contribution in [0.4, 0.5) is 0 Å². The number of piperidine rings is 2. The van der Waals surface area contributed by atoms with Crippen LogP contribution >= 0.6 is 0 Å². The normalized spacial score (nSPS) is 19.5. The average molecular weight is 437 g/mol. The number of aliphatic hydroxyl groups excluding tert-OH is 1. The fourth-order valence-electron chi connectivity index (χ4n) is 5.32. The van der Waals surface area contributed by atoms with Gasteiger partial charge in [0.25, 0.3) is 0 Å². The van der Waals surface area contributed by atoms with Gasteiger partial charge in [-0.2, -0.15) is 0 Å². The Bertz CT molecular complexity index is 830. The maximum Gasteiger partial charge on any atom is 0.119 e.